The van der Waals surface area contributed by atoms with E-state index in [4.69, 9.17) is 9.63 Å². The van der Waals surface area contributed by atoms with E-state index >= 15 is 0 Å². The van der Waals surface area contributed by atoms with Crippen LogP contribution < -0.4 is 0 Å². The van der Waals surface area contributed by atoms with Gasteiger partial charge in [0.25, 0.3) is 0 Å². The van der Waals surface area contributed by atoms with E-state index in [9.17, 15) is 4.79 Å². The van der Waals surface area contributed by atoms with E-state index in [0.29, 0.717) is 18.2 Å². The van der Waals surface area contributed by atoms with Crippen LogP contribution in [0.2, 0.25) is 0 Å². The molecule has 0 saturated heterocycles. The van der Waals surface area contributed by atoms with Gasteiger partial charge in [0.15, 0.2) is 5.82 Å². The predicted molar refractivity (Wildman–Crippen MR) is 77.0 cm³/mol. The normalized spacial score (nSPS) is 33.2. The van der Waals surface area contributed by atoms with Gasteiger partial charge in [0.1, 0.15) is 0 Å². The molecule has 5 heteroatoms. The fraction of sp³-hybridized carbons (Fsp3) is 0.812. The summed E-state index contributed by atoms with van der Waals surface area (Å²) in [7, 11) is 0. The molecule has 0 aliphatic heterocycles. The Hall–Kier alpha value is -1.39. The SMILES string of the molecule is CCC1CCCC(c2noc(C3CCC(C(=O)O)C3)n2)C1. The molecule has 2 saturated carbocycles. The Morgan fingerprint density at radius 1 is 1.24 bits per heavy atom. The minimum absolute atomic E-state index is 0.137. The molecule has 116 valence electrons. The van der Waals surface area contributed by atoms with E-state index in [-0.39, 0.29) is 11.8 Å². The van der Waals surface area contributed by atoms with Crippen molar-refractivity contribution in [2.75, 3.05) is 0 Å². The molecule has 2 aliphatic rings. The van der Waals surface area contributed by atoms with Gasteiger partial charge in [-0.25, -0.2) is 0 Å². The Kier molecular flexibility index (Phi) is 4.27. The highest BCUT2D eigenvalue weighted by molar-refractivity contribution is 5.70. The van der Waals surface area contributed by atoms with E-state index in [1.54, 1.807) is 0 Å². The van der Waals surface area contributed by atoms with Gasteiger partial charge in [-0.05, 0) is 38.0 Å². The second-order valence-corrected chi connectivity index (χ2v) is 6.67. The van der Waals surface area contributed by atoms with E-state index in [0.717, 1.165) is 37.4 Å². The van der Waals surface area contributed by atoms with Crippen LogP contribution in [0.3, 0.4) is 0 Å². The Morgan fingerprint density at radius 2 is 2.10 bits per heavy atom. The number of carboxylic acid groups (broad SMARTS) is 1. The van der Waals surface area contributed by atoms with Gasteiger partial charge in [0.05, 0.1) is 5.92 Å². The van der Waals surface area contributed by atoms with Crippen LogP contribution in [-0.2, 0) is 4.79 Å². The van der Waals surface area contributed by atoms with Gasteiger partial charge >= 0.3 is 5.97 Å². The third-order valence-electron chi connectivity index (χ3n) is 5.31. The number of carbonyl (C=O) groups is 1. The summed E-state index contributed by atoms with van der Waals surface area (Å²) in [6.45, 7) is 2.25. The van der Waals surface area contributed by atoms with Crippen molar-refractivity contribution < 1.29 is 14.4 Å². The molecule has 1 aromatic rings. The number of hydrogen-bond donors (Lipinski definition) is 1. The summed E-state index contributed by atoms with van der Waals surface area (Å²) >= 11 is 0. The van der Waals surface area contributed by atoms with Gasteiger partial charge in [-0.2, -0.15) is 4.98 Å². The molecule has 1 heterocycles. The minimum atomic E-state index is -0.699. The fourth-order valence-electron chi connectivity index (χ4n) is 3.91. The number of aromatic nitrogens is 2. The van der Waals surface area contributed by atoms with Crippen LogP contribution in [-0.4, -0.2) is 21.2 Å². The van der Waals surface area contributed by atoms with Crippen molar-refractivity contribution in [3.8, 4) is 0 Å². The first-order chi connectivity index (χ1) is 10.2. The molecule has 21 heavy (non-hydrogen) atoms. The highest BCUT2D eigenvalue weighted by atomic mass is 16.5. The molecule has 0 spiro atoms. The van der Waals surface area contributed by atoms with Crippen molar-refractivity contribution in [1.29, 1.82) is 0 Å². The standard InChI is InChI=1S/C16H24N2O3/c1-2-10-4-3-5-11(8-10)14-17-15(21-18-14)12-6-7-13(9-12)16(19)20/h10-13H,2-9H2,1H3,(H,19,20). The Labute approximate surface area is 125 Å². The number of nitrogens with zero attached hydrogens (tertiary/aromatic N) is 2. The van der Waals surface area contributed by atoms with Crippen molar-refractivity contribution in [2.24, 2.45) is 11.8 Å². The maximum absolute atomic E-state index is 11.0. The topological polar surface area (TPSA) is 76.2 Å². The highest BCUT2D eigenvalue weighted by Gasteiger charge is 2.34. The zero-order chi connectivity index (χ0) is 14.8. The van der Waals surface area contributed by atoms with Crippen molar-refractivity contribution in [3.05, 3.63) is 11.7 Å². The van der Waals surface area contributed by atoms with Crippen molar-refractivity contribution >= 4 is 5.97 Å². The van der Waals surface area contributed by atoms with E-state index in [2.05, 4.69) is 17.1 Å². The molecule has 0 radical (unpaired) electrons. The second kappa shape index (κ2) is 6.16. The van der Waals surface area contributed by atoms with Crippen LogP contribution in [0.25, 0.3) is 0 Å². The van der Waals surface area contributed by atoms with Gasteiger partial charge in [0, 0.05) is 11.8 Å². The van der Waals surface area contributed by atoms with E-state index in [1.165, 1.54) is 19.3 Å². The number of aliphatic carboxylic acids is 1. The number of rotatable bonds is 4. The summed E-state index contributed by atoms with van der Waals surface area (Å²) in [5.74, 6) is 1.92. The molecular formula is C16H24N2O3. The second-order valence-electron chi connectivity index (χ2n) is 6.67. The maximum Gasteiger partial charge on any atom is 0.306 e. The first-order valence-corrected chi connectivity index (χ1v) is 8.23. The van der Waals surface area contributed by atoms with E-state index in [1.807, 2.05) is 0 Å². The Morgan fingerprint density at radius 3 is 2.81 bits per heavy atom. The lowest BCUT2D eigenvalue weighted by Gasteiger charge is -2.26. The first-order valence-electron chi connectivity index (χ1n) is 8.23. The molecule has 0 amide bonds. The Bertz CT molecular complexity index is 499. The lowest BCUT2D eigenvalue weighted by atomic mass is 9.80. The van der Waals surface area contributed by atoms with Crippen LogP contribution in [0.1, 0.15) is 81.8 Å². The molecular weight excluding hydrogens is 268 g/mol. The first kappa shape index (κ1) is 14.5. The average Bonchev–Trinajstić information content (AvgIpc) is 3.16. The summed E-state index contributed by atoms with van der Waals surface area (Å²) in [6.07, 6.45) is 8.32. The van der Waals surface area contributed by atoms with Crippen molar-refractivity contribution in [1.82, 2.24) is 10.1 Å². The van der Waals surface area contributed by atoms with Gasteiger partial charge in [0.2, 0.25) is 5.89 Å². The summed E-state index contributed by atoms with van der Waals surface area (Å²) in [6, 6.07) is 0. The van der Waals surface area contributed by atoms with Gasteiger partial charge in [-0.15, -0.1) is 0 Å². The van der Waals surface area contributed by atoms with Crippen LogP contribution in [0, 0.1) is 11.8 Å². The molecule has 1 N–H and O–H groups in total. The largest absolute Gasteiger partial charge is 0.481 e. The molecule has 2 fully saturated rings. The van der Waals surface area contributed by atoms with Gasteiger partial charge in [-0.1, -0.05) is 31.3 Å². The van der Waals surface area contributed by atoms with Crippen LogP contribution in [0.5, 0.6) is 0 Å². The van der Waals surface area contributed by atoms with E-state index < -0.39 is 5.97 Å². The molecule has 0 aromatic carbocycles. The van der Waals surface area contributed by atoms with Gasteiger partial charge in [-0.3, -0.25) is 4.79 Å². The third kappa shape index (κ3) is 3.11. The quantitative estimate of drug-likeness (QED) is 0.915. The summed E-state index contributed by atoms with van der Waals surface area (Å²) < 4.78 is 5.44. The lowest BCUT2D eigenvalue weighted by molar-refractivity contribution is -0.141. The predicted octanol–water partition coefficient (Wildman–Crippen LogP) is 3.72. The third-order valence-corrected chi connectivity index (χ3v) is 5.31. The molecule has 0 bridgehead atoms. The average molecular weight is 292 g/mol. The number of hydrogen-bond acceptors (Lipinski definition) is 4. The molecule has 1 aromatic heterocycles. The summed E-state index contributed by atoms with van der Waals surface area (Å²) in [4.78, 5) is 15.6. The minimum Gasteiger partial charge on any atom is -0.481 e. The zero-order valence-corrected chi connectivity index (χ0v) is 12.6. The summed E-state index contributed by atoms with van der Waals surface area (Å²) in [5.41, 5.74) is 0. The Balaban J connectivity index is 1.65. The molecule has 2 aliphatic carbocycles. The maximum atomic E-state index is 11.0. The van der Waals surface area contributed by atoms with Crippen molar-refractivity contribution in [3.63, 3.8) is 0 Å². The van der Waals surface area contributed by atoms with Crippen LogP contribution >= 0.6 is 0 Å². The lowest BCUT2D eigenvalue weighted by Crippen LogP contribution is -2.14. The van der Waals surface area contributed by atoms with Gasteiger partial charge < -0.3 is 9.63 Å². The van der Waals surface area contributed by atoms with Crippen molar-refractivity contribution in [2.45, 2.75) is 70.1 Å². The smallest absolute Gasteiger partial charge is 0.306 e. The zero-order valence-electron chi connectivity index (χ0n) is 12.6. The fourth-order valence-corrected chi connectivity index (χ4v) is 3.91. The molecule has 4 unspecified atom stereocenters. The van der Waals surface area contributed by atoms with Crippen LogP contribution in [0.15, 0.2) is 4.52 Å². The van der Waals surface area contributed by atoms with Crippen LogP contribution in [0.4, 0.5) is 0 Å². The number of carboxylic acids is 1. The monoisotopic (exact) mass is 292 g/mol. The highest BCUT2D eigenvalue weighted by Crippen LogP contribution is 2.40. The molecule has 5 nitrogen and oxygen atoms in total. The molecule has 4 atom stereocenters. The summed E-state index contributed by atoms with van der Waals surface area (Å²) in [5, 5.41) is 13.3. The molecule has 3 rings (SSSR count).